The molecule has 0 amide bonds. The summed E-state index contributed by atoms with van der Waals surface area (Å²) in [5.41, 5.74) is 0.923. The summed E-state index contributed by atoms with van der Waals surface area (Å²) < 4.78 is 23.2. The van der Waals surface area contributed by atoms with E-state index in [9.17, 15) is 3.02 Å². The van der Waals surface area contributed by atoms with Gasteiger partial charge in [-0.05, 0) is 0 Å². The van der Waals surface area contributed by atoms with Crippen molar-refractivity contribution >= 4 is 21.0 Å². The predicted molar refractivity (Wildman–Crippen MR) is 39.9 cm³/mol. The molecule has 0 saturated carbocycles. The van der Waals surface area contributed by atoms with E-state index in [1.54, 1.807) is 0 Å². The zero-order chi connectivity index (χ0) is 8.10. The molecule has 1 N–H and O–H groups in total. The molecule has 1 radical (unpaired) electrons. The van der Waals surface area contributed by atoms with E-state index in [0.29, 0.717) is 0 Å². The molecule has 3 nitrogen and oxygen atoms in total. The van der Waals surface area contributed by atoms with Gasteiger partial charge >= 0.3 is 73.0 Å². The van der Waals surface area contributed by atoms with Crippen LogP contribution < -0.4 is 0 Å². The van der Waals surface area contributed by atoms with Crippen LogP contribution in [0.15, 0.2) is 30.3 Å². The number of hydrogen-bond acceptors (Lipinski definition) is 2. The zero-order valence-electron chi connectivity index (χ0n) is 5.80. The second kappa shape index (κ2) is 4.60. The molecule has 1 aromatic rings. The van der Waals surface area contributed by atoms with Crippen LogP contribution >= 0.6 is 0 Å². The summed E-state index contributed by atoms with van der Waals surface area (Å²) in [4.78, 5) is 0. The van der Waals surface area contributed by atoms with E-state index in [4.69, 9.17) is 3.39 Å². The van der Waals surface area contributed by atoms with E-state index in [1.807, 2.05) is 30.3 Å². The van der Waals surface area contributed by atoms with Gasteiger partial charge in [0.05, 0.1) is 0 Å². The topological polar surface area (TPSA) is 46.5 Å². The fourth-order valence-electron chi connectivity index (χ4n) is 0.704. The number of hydrogen-bond donors (Lipinski definition) is 1. The summed E-state index contributed by atoms with van der Waals surface area (Å²) in [5, 5.41) is 0. The van der Waals surface area contributed by atoms with Crippen LogP contribution in [0.2, 0.25) is 0 Å². The maximum absolute atomic E-state index is 10.2. The average molecular weight is 262 g/mol. The fraction of sp³-hybridized carbons (Fsp3) is 0.143. The first-order valence-corrected chi connectivity index (χ1v) is 6.34. The monoisotopic (exact) mass is 261 g/mol. The van der Waals surface area contributed by atoms with Crippen LogP contribution in [0.3, 0.4) is 0 Å². The molecule has 0 aliphatic carbocycles. The van der Waals surface area contributed by atoms with E-state index in [0.717, 1.165) is 5.56 Å². The van der Waals surface area contributed by atoms with Gasteiger partial charge in [-0.3, -0.25) is 0 Å². The maximum atomic E-state index is 10.2. The molecular weight excluding hydrogens is 254 g/mol. The Morgan fingerprint density at radius 2 is 2.00 bits per heavy atom. The molecule has 0 aliphatic heterocycles. The third kappa shape index (κ3) is 3.61. The van der Waals surface area contributed by atoms with Gasteiger partial charge in [0, 0.05) is 0 Å². The van der Waals surface area contributed by atoms with Gasteiger partial charge in [-0.1, -0.05) is 0 Å². The van der Waals surface area contributed by atoms with Crippen molar-refractivity contribution in [2.75, 3.05) is 0 Å². The van der Waals surface area contributed by atoms with Gasteiger partial charge in [-0.2, -0.15) is 0 Å². The molecular formula is C7H8O3Sb. The minimum atomic E-state index is -3.46. The molecule has 0 spiro atoms. The first kappa shape index (κ1) is 8.85. The molecule has 0 aliphatic rings. The molecule has 0 bridgehead atoms. The Kier molecular flexibility index (Phi) is 3.70. The van der Waals surface area contributed by atoms with Gasteiger partial charge in [-0.25, -0.2) is 0 Å². The van der Waals surface area contributed by atoms with Crippen molar-refractivity contribution in [2.45, 2.75) is 6.61 Å². The van der Waals surface area contributed by atoms with E-state index in [1.165, 1.54) is 0 Å². The van der Waals surface area contributed by atoms with Crippen LogP contribution in [-0.2, 0) is 12.6 Å². The minimum absolute atomic E-state index is 0.240. The van der Waals surface area contributed by atoms with E-state index < -0.39 is 21.0 Å². The average Bonchev–Trinajstić information content (AvgIpc) is 2.03. The molecule has 59 valence electrons. The Balaban J connectivity index is 2.45. The van der Waals surface area contributed by atoms with E-state index >= 15 is 0 Å². The van der Waals surface area contributed by atoms with E-state index in [2.05, 4.69) is 3.02 Å². The first-order chi connectivity index (χ1) is 5.29. The standard InChI is InChI=1S/C7H7O.H2O.O.Sb/c8-6-7-4-2-1-3-5-7;;;/h1-5H,6H2;1H2;;/q-1;;;+2/p-1. The van der Waals surface area contributed by atoms with Gasteiger partial charge in [0.15, 0.2) is 0 Å². The normalized spacial score (nSPS) is 9.55. The third-order valence-corrected chi connectivity index (χ3v) is 2.18. The third-order valence-electron chi connectivity index (χ3n) is 1.18. The van der Waals surface area contributed by atoms with Gasteiger partial charge in [0.1, 0.15) is 0 Å². The SMILES string of the molecule is [O]=[Sb]([OH])[O]Cc1ccccc1. The summed E-state index contributed by atoms with van der Waals surface area (Å²) in [6.07, 6.45) is 0. The quantitative estimate of drug-likeness (QED) is 0.812. The second-order valence-corrected chi connectivity index (χ2v) is 4.09. The van der Waals surface area contributed by atoms with Crippen LogP contribution in [-0.4, -0.2) is 24.4 Å². The molecule has 1 aromatic carbocycles. The number of benzene rings is 1. The van der Waals surface area contributed by atoms with Crippen LogP contribution in [0.25, 0.3) is 0 Å². The second-order valence-electron chi connectivity index (χ2n) is 2.00. The molecule has 0 aromatic heterocycles. The summed E-state index contributed by atoms with van der Waals surface area (Å²) in [6.45, 7) is 0.240. The molecule has 11 heavy (non-hydrogen) atoms. The van der Waals surface area contributed by atoms with Gasteiger partial charge in [0.2, 0.25) is 0 Å². The van der Waals surface area contributed by atoms with Crippen molar-refractivity contribution in [3.05, 3.63) is 35.9 Å². The molecule has 0 unspecified atom stereocenters. The van der Waals surface area contributed by atoms with Gasteiger partial charge in [-0.15, -0.1) is 0 Å². The van der Waals surface area contributed by atoms with Crippen molar-refractivity contribution in [3.63, 3.8) is 0 Å². The van der Waals surface area contributed by atoms with Gasteiger partial charge < -0.3 is 0 Å². The zero-order valence-corrected chi connectivity index (χ0v) is 8.36. The molecule has 0 atom stereocenters. The Morgan fingerprint density at radius 1 is 1.36 bits per heavy atom. The molecule has 4 heteroatoms. The molecule has 1 rings (SSSR count). The Labute approximate surface area is 73.1 Å². The van der Waals surface area contributed by atoms with Crippen LogP contribution in [0.1, 0.15) is 5.56 Å². The molecule has 0 saturated heterocycles. The summed E-state index contributed by atoms with van der Waals surface area (Å²) in [5.74, 6) is 0. The summed E-state index contributed by atoms with van der Waals surface area (Å²) in [6, 6.07) is 9.32. The predicted octanol–water partition coefficient (Wildman–Crippen LogP) is 0.611. The van der Waals surface area contributed by atoms with Crippen LogP contribution in [0, 0.1) is 0 Å². The molecule has 0 fully saturated rings. The summed E-state index contributed by atoms with van der Waals surface area (Å²) >= 11 is -3.46. The summed E-state index contributed by atoms with van der Waals surface area (Å²) in [7, 11) is 0. The Hall–Kier alpha value is -0.242. The fourth-order valence-corrected chi connectivity index (χ4v) is 1.44. The van der Waals surface area contributed by atoms with E-state index in [-0.39, 0.29) is 6.61 Å². The number of rotatable bonds is 3. The Morgan fingerprint density at radius 3 is 2.55 bits per heavy atom. The van der Waals surface area contributed by atoms with Crippen molar-refractivity contribution < 1.29 is 9.42 Å². The van der Waals surface area contributed by atoms with Crippen molar-refractivity contribution in [2.24, 2.45) is 0 Å². The molecule has 0 heterocycles. The Bertz CT molecular complexity index is 235. The van der Waals surface area contributed by atoms with Crippen molar-refractivity contribution in [1.82, 2.24) is 0 Å². The van der Waals surface area contributed by atoms with Crippen LogP contribution in [0.4, 0.5) is 0 Å². The van der Waals surface area contributed by atoms with Crippen molar-refractivity contribution in [3.8, 4) is 0 Å². The van der Waals surface area contributed by atoms with Crippen molar-refractivity contribution in [1.29, 1.82) is 0 Å². The van der Waals surface area contributed by atoms with Gasteiger partial charge in [0.25, 0.3) is 0 Å². The first-order valence-electron chi connectivity index (χ1n) is 3.12. The van der Waals surface area contributed by atoms with Crippen LogP contribution in [0.5, 0.6) is 0 Å².